The fraction of sp³-hybridized carbons (Fsp3) is 0.190. The molecule has 0 saturated carbocycles. The van der Waals surface area contributed by atoms with Crippen LogP contribution in [-0.4, -0.2) is 18.6 Å². The Balaban J connectivity index is 1.69. The highest BCUT2D eigenvalue weighted by Gasteiger charge is 2.16. The maximum Gasteiger partial charge on any atom is 0.265 e. The van der Waals surface area contributed by atoms with E-state index in [-0.39, 0.29) is 5.91 Å². The Morgan fingerprint density at radius 3 is 2.52 bits per heavy atom. The number of anilines is 1. The van der Waals surface area contributed by atoms with Gasteiger partial charge >= 0.3 is 0 Å². The zero-order valence-corrected chi connectivity index (χ0v) is 14.4. The SMILES string of the molecule is CCOc1ccccc1NC(=O)[C@H](C)Oc1ccc2ccccc2c1. The molecule has 0 aromatic heterocycles. The van der Waals surface area contributed by atoms with E-state index < -0.39 is 6.10 Å². The number of rotatable bonds is 6. The molecule has 1 N–H and O–H groups in total. The first kappa shape index (κ1) is 16.8. The first-order valence-corrected chi connectivity index (χ1v) is 8.35. The van der Waals surface area contributed by atoms with Crippen molar-refractivity contribution in [2.75, 3.05) is 11.9 Å². The molecule has 0 fully saturated rings. The number of nitrogens with one attached hydrogen (secondary N) is 1. The quantitative estimate of drug-likeness (QED) is 0.713. The summed E-state index contributed by atoms with van der Waals surface area (Å²) in [6.45, 7) is 4.17. The van der Waals surface area contributed by atoms with Crippen LogP contribution < -0.4 is 14.8 Å². The van der Waals surface area contributed by atoms with E-state index in [2.05, 4.69) is 5.32 Å². The van der Waals surface area contributed by atoms with E-state index >= 15 is 0 Å². The van der Waals surface area contributed by atoms with E-state index in [9.17, 15) is 4.79 Å². The van der Waals surface area contributed by atoms with Crippen LogP contribution in [0.15, 0.2) is 66.7 Å². The van der Waals surface area contributed by atoms with Crippen LogP contribution in [0.5, 0.6) is 11.5 Å². The molecule has 0 aliphatic heterocycles. The molecule has 0 spiro atoms. The normalized spacial score (nSPS) is 11.8. The molecule has 0 unspecified atom stereocenters. The smallest absolute Gasteiger partial charge is 0.265 e. The van der Waals surface area contributed by atoms with Gasteiger partial charge < -0.3 is 14.8 Å². The Labute approximate surface area is 147 Å². The zero-order valence-electron chi connectivity index (χ0n) is 14.4. The molecule has 0 aliphatic rings. The van der Waals surface area contributed by atoms with Gasteiger partial charge in [0, 0.05) is 0 Å². The maximum atomic E-state index is 12.4. The first-order valence-electron chi connectivity index (χ1n) is 8.35. The molecule has 0 aliphatic carbocycles. The Morgan fingerprint density at radius 1 is 1.00 bits per heavy atom. The highest BCUT2D eigenvalue weighted by molar-refractivity contribution is 5.95. The van der Waals surface area contributed by atoms with Gasteiger partial charge in [0.2, 0.25) is 0 Å². The van der Waals surface area contributed by atoms with E-state index in [1.54, 1.807) is 6.92 Å². The summed E-state index contributed by atoms with van der Waals surface area (Å²) in [6.07, 6.45) is -0.629. The van der Waals surface area contributed by atoms with E-state index in [0.717, 1.165) is 10.8 Å². The summed E-state index contributed by atoms with van der Waals surface area (Å²) in [5, 5.41) is 5.08. The van der Waals surface area contributed by atoms with Crippen molar-refractivity contribution in [2.45, 2.75) is 20.0 Å². The number of amides is 1. The lowest BCUT2D eigenvalue weighted by Gasteiger charge is -2.16. The average Bonchev–Trinajstić information content (AvgIpc) is 2.63. The third-order valence-corrected chi connectivity index (χ3v) is 3.85. The van der Waals surface area contributed by atoms with Gasteiger partial charge in [0.05, 0.1) is 12.3 Å². The molecular weight excluding hydrogens is 314 g/mol. The van der Waals surface area contributed by atoms with Gasteiger partial charge in [-0.15, -0.1) is 0 Å². The monoisotopic (exact) mass is 335 g/mol. The molecule has 0 bridgehead atoms. The molecule has 0 heterocycles. The minimum atomic E-state index is -0.629. The Bertz CT molecular complexity index is 876. The van der Waals surface area contributed by atoms with Crippen LogP contribution in [0.25, 0.3) is 10.8 Å². The summed E-state index contributed by atoms with van der Waals surface area (Å²) in [7, 11) is 0. The topological polar surface area (TPSA) is 47.6 Å². The molecule has 1 amide bonds. The Hall–Kier alpha value is -3.01. The number of hydrogen-bond donors (Lipinski definition) is 1. The second kappa shape index (κ2) is 7.71. The third kappa shape index (κ3) is 4.10. The van der Waals surface area contributed by atoms with Crippen LogP contribution in [0, 0.1) is 0 Å². The van der Waals surface area contributed by atoms with Crippen molar-refractivity contribution in [1.82, 2.24) is 0 Å². The van der Waals surface area contributed by atoms with Crippen LogP contribution in [-0.2, 0) is 4.79 Å². The van der Waals surface area contributed by atoms with E-state index in [1.165, 1.54) is 0 Å². The molecule has 0 saturated heterocycles. The number of carbonyl (C=O) groups excluding carboxylic acids is 1. The molecular formula is C21H21NO3. The molecule has 4 heteroatoms. The minimum absolute atomic E-state index is 0.222. The molecule has 3 aromatic carbocycles. The molecule has 0 radical (unpaired) electrons. The molecule has 25 heavy (non-hydrogen) atoms. The predicted molar refractivity (Wildman–Crippen MR) is 100 cm³/mol. The van der Waals surface area contributed by atoms with Crippen molar-refractivity contribution in [1.29, 1.82) is 0 Å². The number of fused-ring (bicyclic) bond motifs is 1. The van der Waals surface area contributed by atoms with Crippen molar-refractivity contribution < 1.29 is 14.3 Å². The number of ether oxygens (including phenoxy) is 2. The van der Waals surface area contributed by atoms with E-state index in [4.69, 9.17) is 9.47 Å². The molecule has 128 valence electrons. The lowest BCUT2D eigenvalue weighted by molar-refractivity contribution is -0.122. The van der Waals surface area contributed by atoms with E-state index in [0.29, 0.717) is 23.8 Å². The summed E-state index contributed by atoms with van der Waals surface area (Å²) in [5.74, 6) is 1.09. The largest absolute Gasteiger partial charge is 0.492 e. The summed E-state index contributed by atoms with van der Waals surface area (Å²) in [6, 6.07) is 21.2. The molecule has 4 nitrogen and oxygen atoms in total. The van der Waals surface area contributed by atoms with Gasteiger partial charge in [0.1, 0.15) is 11.5 Å². The van der Waals surface area contributed by atoms with Gasteiger partial charge in [-0.3, -0.25) is 4.79 Å². The standard InChI is InChI=1S/C21H21NO3/c1-3-24-20-11-7-6-10-19(20)22-21(23)15(2)25-18-13-12-16-8-4-5-9-17(16)14-18/h4-15H,3H2,1-2H3,(H,22,23)/t15-/m0/s1. The molecule has 3 aromatic rings. The van der Waals surface area contributed by atoms with Gasteiger partial charge in [-0.25, -0.2) is 0 Å². The summed E-state index contributed by atoms with van der Waals surface area (Å²) >= 11 is 0. The third-order valence-electron chi connectivity index (χ3n) is 3.85. The van der Waals surface area contributed by atoms with Gasteiger partial charge in [0.25, 0.3) is 5.91 Å². The summed E-state index contributed by atoms with van der Waals surface area (Å²) in [4.78, 5) is 12.4. The first-order chi connectivity index (χ1) is 12.2. The minimum Gasteiger partial charge on any atom is -0.492 e. The van der Waals surface area contributed by atoms with Crippen molar-refractivity contribution in [2.24, 2.45) is 0 Å². The Morgan fingerprint density at radius 2 is 1.72 bits per heavy atom. The van der Waals surface area contributed by atoms with Gasteiger partial charge in [-0.05, 0) is 48.9 Å². The van der Waals surface area contributed by atoms with Crippen LogP contribution in [0.1, 0.15) is 13.8 Å². The maximum absolute atomic E-state index is 12.4. The fourth-order valence-electron chi connectivity index (χ4n) is 2.58. The van der Waals surface area contributed by atoms with Crippen LogP contribution >= 0.6 is 0 Å². The van der Waals surface area contributed by atoms with Gasteiger partial charge in [-0.2, -0.15) is 0 Å². The lowest BCUT2D eigenvalue weighted by atomic mass is 10.1. The predicted octanol–water partition coefficient (Wildman–Crippen LogP) is 4.64. The number of benzene rings is 3. The zero-order chi connectivity index (χ0) is 17.6. The number of carbonyl (C=O) groups is 1. The highest BCUT2D eigenvalue weighted by Crippen LogP contribution is 2.25. The number of para-hydroxylation sites is 2. The van der Waals surface area contributed by atoms with Crippen molar-refractivity contribution in [3.05, 3.63) is 66.7 Å². The Kier molecular flexibility index (Phi) is 5.19. The van der Waals surface area contributed by atoms with Crippen molar-refractivity contribution in [3.8, 4) is 11.5 Å². The summed E-state index contributed by atoms with van der Waals surface area (Å²) in [5.41, 5.74) is 0.642. The fourth-order valence-corrected chi connectivity index (χ4v) is 2.58. The van der Waals surface area contributed by atoms with E-state index in [1.807, 2.05) is 73.7 Å². The molecule has 1 atom stereocenters. The van der Waals surface area contributed by atoms with Crippen LogP contribution in [0.2, 0.25) is 0 Å². The summed E-state index contributed by atoms with van der Waals surface area (Å²) < 4.78 is 11.3. The van der Waals surface area contributed by atoms with Gasteiger partial charge in [-0.1, -0.05) is 42.5 Å². The van der Waals surface area contributed by atoms with Gasteiger partial charge in [0.15, 0.2) is 6.10 Å². The van der Waals surface area contributed by atoms with Crippen LogP contribution in [0.4, 0.5) is 5.69 Å². The van der Waals surface area contributed by atoms with Crippen molar-refractivity contribution in [3.63, 3.8) is 0 Å². The van der Waals surface area contributed by atoms with Crippen molar-refractivity contribution >= 4 is 22.4 Å². The molecule has 3 rings (SSSR count). The number of hydrogen-bond acceptors (Lipinski definition) is 3. The van der Waals surface area contributed by atoms with Crippen LogP contribution in [0.3, 0.4) is 0 Å². The average molecular weight is 335 g/mol. The highest BCUT2D eigenvalue weighted by atomic mass is 16.5. The lowest BCUT2D eigenvalue weighted by Crippen LogP contribution is -2.30. The second-order valence-corrected chi connectivity index (χ2v) is 5.69. The second-order valence-electron chi connectivity index (χ2n) is 5.69.